The molecule has 1 atom stereocenters. The highest BCUT2D eigenvalue weighted by Crippen LogP contribution is 2.36. The molecule has 1 unspecified atom stereocenters. The van der Waals surface area contributed by atoms with Gasteiger partial charge in [-0.15, -0.1) is 0 Å². The first-order valence-corrected chi connectivity index (χ1v) is 7.47. The van der Waals surface area contributed by atoms with Crippen molar-refractivity contribution in [1.29, 1.82) is 0 Å². The van der Waals surface area contributed by atoms with Gasteiger partial charge in [-0.3, -0.25) is 4.79 Å². The second-order valence-corrected chi connectivity index (χ2v) is 5.11. The van der Waals surface area contributed by atoms with Gasteiger partial charge in [0.1, 0.15) is 17.3 Å². The Kier molecular flexibility index (Phi) is 6.56. The van der Waals surface area contributed by atoms with Crippen molar-refractivity contribution in [2.45, 2.75) is 47.0 Å². The van der Waals surface area contributed by atoms with Crippen LogP contribution in [-0.4, -0.2) is 19.0 Å². The fourth-order valence-electron chi connectivity index (χ4n) is 2.44. The number of carbonyl (C=O) groups is 1. The van der Waals surface area contributed by atoms with Gasteiger partial charge in [0.25, 0.3) is 0 Å². The molecule has 0 saturated heterocycles. The van der Waals surface area contributed by atoms with Gasteiger partial charge in [0.05, 0.1) is 13.2 Å². The molecule has 0 aliphatic carbocycles. The number of ketones is 1. The number of rotatable bonds is 8. The molecular formula is C17H26O3. The van der Waals surface area contributed by atoms with Crippen LogP contribution in [0.3, 0.4) is 0 Å². The lowest BCUT2D eigenvalue weighted by atomic mass is 9.83. The number of hydrogen-bond acceptors (Lipinski definition) is 3. The topological polar surface area (TPSA) is 35.5 Å². The smallest absolute Gasteiger partial charge is 0.140 e. The minimum absolute atomic E-state index is 0.137. The molecule has 1 rings (SSSR count). The summed E-state index contributed by atoms with van der Waals surface area (Å²) < 4.78 is 11.2. The maximum absolute atomic E-state index is 12.3. The number of carbonyl (C=O) groups excluding carboxylic acids is 1. The van der Waals surface area contributed by atoms with E-state index >= 15 is 0 Å². The average molecular weight is 278 g/mol. The largest absolute Gasteiger partial charge is 0.494 e. The van der Waals surface area contributed by atoms with Gasteiger partial charge in [-0.25, -0.2) is 0 Å². The van der Waals surface area contributed by atoms with E-state index < -0.39 is 0 Å². The molecule has 0 saturated carbocycles. The normalized spacial score (nSPS) is 12.3. The summed E-state index contributed by atoms with van der Waals surface area (Å²) in [5.74, 6) is 1.92. The fraction of sp³-hybridized carbons (Fsp3) is 0.588. The summed E-state index contributed by atoms with van der Waals surface area (Å²) in [6.45, 7) is 11.2. The molecule has 0 aliphatic rings. The zero-order valence-corrected chi connectivity index (χ0v) is 13.2. The molecular weight excluding hydrogens is 252 g/mol. The molecule has 0 spiro atoms. The molecule has 1 aromatic carbocycles. The first kappa shape index (κ1) is 16.5. The monoisotopic (exact) mass is 278 g/mol. The lowest BCUT2D eigenvalue weighted by Gasteiger charge is -2.23. The van der Waals surface area contributed by atoms with Crippen LogP contribution >= 0.6 is 0 Å². The Hall–Kier alpha value is -1.51. The second-order valence-electron chi connectivity index (χ2n) is 5.11. The maximum atomic E-state index is 12.3. The number of hydrogen-bond donors (Lipinski definition) is 0. The fourth-order valence-corrected chi connectivity index (χ4v) is 2.44. The van der Waals surface area contributed by atoms with Crippen molar-refractivity contribution in [2.24, 2.45) is 5.92 Å². The third-order valence-corrected chi connectivity index (χ3v) is 3.29. The lowest BCUT2D eigenvalue weighted by molar-refractivity contribution is -0.121. The van der Waals surface area contributed by atoms with Crippen molar-refractivity contribution in [3.05, 3.63) is 23.8 Å². The molecule has 0 bridgehead atoms. The van der Waals surface area contributed by atoms with Crippen LogP contribution in [0.15, 0.2) is 18.2 Å². The number of Topliss-reactive ketones (excluding diaryl/α,β-unsaturated/α-hetero) is 1. The Balaban J connectivity index is 3.26. The van der Waals surface area contributed by atoms with Gasteiger partial charge in [0, 0.05) is 17.9 Å². The van der Waals surface area contributed by atoms with E-state index in [1.54, 1.807) is 0 Å². The molecule has 1 aromatic rings. The summed E-state index contributed by atoms with van der Waals surface area (Å²) in [7, 11) is 0. The molecule has 20 heavy (non-hydrogen) atoms. The molecule has 112 valence electrons. The first-order valence-electron chi connectivity index (χ1n) is 7.47. The molecule has 3 heteroatoms. The van der Waals surface area contributed by atoms with Gasteiger partial charge in [0.2, 0.25) is 0 Å². The van der Waals surface area contributed by atoms with E-state index in [0.29, 0.717) is 19.6 Å². The van der Waals surface area contributed by atoms with Gasteiger partial charge in [0.15, 0.2) is 0 Å². The zero-order valence-electron chi connectivity index (χ0n) is 13.2. The van der Waals surface area contributed by atoms with Crippen molar-refractivity contribution in [1.82, 2.24) is 0 Å². The molecule has 0 fully saturated rings. The van der Waals surface area contributed by atoms with Gasteiger partial charge >= 0.3 is 0 Å². The summed E-state index contributed by atoms with van der Waals surface area (Å²) >= 11 is 0. The van der Waals surface area contributed by atoms with E-state index in [9.17, 15) is 4.79 Å². The van der Waals surface area contributed by atoms with Crippen LogP contribution in [0.5, 0.6) is 11.5 Å². The maximum Gasteiger partial charge on any atom is 0.140 e. The van der Waals surface area contributed by atoms with E-state index in [1.165, 1.54) is 0 Å². The molecule has 0 amide bonds. The van der Waals surface area contributed by atoms with Crippen LogP contribution in [0.4, 0.5) is 0 Å². The minimum Gasteiger partial charge on any atom is -0.494 e. The van der Waals surface area contributed by atoms with E-state index in [2.05, 4.69) is 13.8 Å². The first-order chi connectivity index (χ1) is 9.54. The van der Waals surface area contributed by atoms with Crippen molar-refractivity contribution in [3.8, 4) is 11.5 Å². The molecule has 3 nitrogen and oxygen atoms in total. The number of benzene rings is 1. The number of ether oxygens (including phenoxy) is 2. The Morgan fingerprint density at radius 2 is 1.75 bits per heavy atom. The Morgan fingerprint density at radius 1 is 1.10 bits per heavy atom. The van der Waals surface area contributed by atoms with Crippen LogP contribution < -0.4 is 9.47 Å². The zero-order chi connectivity index (χ0) is 15.1. The standard InChI is InChI=1S/C17H26O3/c1-6-15(18)17(12(4)5)14-11-13(19-7-2)9-10-16(14)20-8-3/h9-12,17H,6-8H2,1-5H3. The second kappa shape index (κ2) is 7.93. The van der Waals surface area contributed by atoms with E-state index in [0.717, 1.165) is 17.1 Å². The van der Waals surface area contributed by atoms with Gasteiger partial charge in [-0.1, -0.05) is 20.8 Å². The van der Waals surface area contributed by atoms with Crippen molar-refractivity contribution >= 4 is 5.78 Å². The summed E-state index contributed by atoms with van der Waals surface area (Å²) in [5, 5.41) is 0. The van der Waals surface area contributed by atoms with Gasteiger partial charge < -0.3 is 9.47 Å². The SMILES string of the molecule is CCOc1ccc(OCC)c(C(C(=O)CC)C(C)C)c1. The molecule has 0 N–H and O–H groups in total. The van der Waals surface area contributed by atoms with Crippen LogP contribution in [0.1, 0.15) is 52.5 Å². The quantitative estimate of drug-likeness (QED) is 0.715. The Bertz CT molecular complexity index is 438. The minimum atomic E-state index is -0.137. The Labute approximate surface area is 122 Å². The van der Waals surface area contributed by atoms with Crippen LogP contribution in [0.25, 0.3) is 0 Å². The van der Waals surface area contributed by atoms with Crippen molar-refractivity contribution < 1.29 is 14.3 Å². The van der Waals surface area contributed by atoms with Crippen molar-refractivity contribution in [3.63, 3.8) is 0 Å². The molecule has 0 radical (unpaired) electrons. The summed E-state index contributed by atoms with van der Waals surface area (Å²) in [5.41, 5.74) is 0.944. The lowest BCUT2D eigenvalue weighted by Crippen LogP contribution is -2.18. The third kappa shape index (κ3) is 3.99. The molecule has 0 heterocycles. The third-order valence-electron chi connectivity index (χ3n) is 3.29. The summed E-state index contributed by atoms with van der Waals surface area (Å²) in [4.78, 5) is 12.3. The molecule has 0 aliphatic heterocycles. The highest BCUT2D eigenvalue weighted by atomic mass is 16.5. The van der Waals surface area contributed by atoms with E-state index in [4.69, 9.17) is 9.47 Å². The summed E-state index contributed by atoms with van der Waals surface area (Å²) in [6.07, 6.45) is 0.535. The van der Waals surface area contributed by atoms with Crippen LogP contribution in [0.2, 0.25) is 0 Å². The van der Waals surface area contributed by atoms with E-state index in [1.807, 2.05) is 39.0 Å². The predicted octanol–water partition coefficient (Wildman–Crippen LogP) is 4.20. The predicted molar refractivity (Wildman–Crippen MR) is 81.7 cm³/mol. The summed E-state index contributed by atoms with van der Waals surface area (Å²) in [6, 6.07) is 5.75. The van der Waals surface area contributed by atoms with E-state index in [-0.39, 0.29) is 17.6 Å². The van der Waals surface area contributed by atoms with Crippen molar-refractivity contribution in [2.75, 3.05) is 13.2 Å². The highest BCUT2D eigenvalue weighted by Gasteiger charge is 2.26. The van der Waals surface area contributed by atoms with Gasteiger partial charge in [-0.2, -0.15) is 0 Å². The molecule has 0 aromatic heterocycles. The Morgan fingerprint density at radius 3 is 2.25 bits per heavy atom. The van der Waals surface area contributed by atoms with Crippen LogP contribution in [-0.2, 0) is 4.79 Å². The highest BCUT2D eigenvalue weighted by molar-refractivity contribution is 5.86. The van der Waals surface area contributed by atoms with Crippen LogP contribution in [0, 0.1) is 5.92 Å². The van der Waals surface area contributed by atoms with Gasteiger partial charge in [-0.05, 0) is 38.0 Å². The average Bonchev–Trinajstić information content (AvgIpc) is 2.41.